The van der Waals surface area contributed by atoms with Gasteiger partial charge in [0.1, 0.15) is 6.73 Å². The molecule has 0 aliphatic heterocycles. The number of H-pyrrole nitrogens is 1. The second kappa shape index (κ2) is 7.69. The molecule has 136 valence electrons. The van der Waals surface area contributed by atoms with E-state index in [1.54, 1.807) is 13.8 Å². The van der Waals surface area contributed by atoms with Crippen LogP contribution >= 0.6 is 0 Å². The minimum atomic E-state index is -4.46. The summed E-state index contributed by atoms with van der Waals surface area (Å²) in [5, 5.41) is 0. The van der Waals surface area contributed by atoms with Crippen LogP contribution in [0.5, 0.6) is 0 Å². The molecule has 1 N–H and O–H groups in total. The first-order valence-corrected chi connectivity index (χ1v) is 7.86. The highest BCUT2D eigenvalue weighted by Gasteiger charge is 2.30. The number of alkyl halides is 3. The molecular formula is C17H19F3N2O3. The lowest BCUT2D eigenvalue weighted by Gasteiger charge is -2.16. The summed E-state index contributed by atoms with van der Waals surface area (Å²) in [5.74, 6) is 0. The molecular weight excluding hydrogens is 337 g/mol. The number of hydrogen-bond acceptors (Lipinski definition) is 3. The van der Waals surface area contributed by atoms with Crippen LogP contribution in [0.3, 0.4) is 0 Å². The molecule has 1 aromatic heterocycles. The molecule has 0 bridgehead atoms. The highest BCUT2D eigenvalue weighted by Crippen LogP contribution is 2.30. The Morgan fingerprint density at radius 2 is 1.92 bits per heavy atom. The molecule has 0 radical (unpaired) electrons. The van der Waals surface area contributed by atoms with Crippen molar-refractivity contribution >= 4 is 0 Å². The molecule has 0 spiro atoms. The topological polar surface area (TPSA) is 64.1 Å². The summed E-state index contributed by atoms with van der Waals surface area (Å²) in [4.78, 5) is 26.4. The maximum Gasteiger partial charge on any atom is 0.416 e. The van der Waals surface area contributed by atoms with Crippen LogP contribution in [0.4, 0.5) is 13.2 Å². The van der Waals surface area contributed by atoms with Crippen LogP contribution in [0, 0.1) is 0 Å². The second-order valence-electron chi connectivity index (χ2n) is 5.46. The van der Waals surface area contributed by atoms with Crippen LogP contribution < -0.4 is 11.2 Å². The Morgan fingerprint density at radius 3 is 2.52 bits per heavy atom. The van der Waals surface area contributed by atoms with E-state index >= 15 is 0 Å². The van der Waals surface area contributed by atoms with Gasteiger partial charge >= 0.3 is 11.9 Å². The van der Waals surface area contributed by atoms with Gasteiger partial charge < -0.3 is 4.74 Å². The molecule has 0 aliphatic rings. The van der Waals surface area contributed by atoms with Crippen LogP contribution in [0.15, 0.2) is 33.9 Å². The van der Waals surface area contributed by atoms with E-state index in [1.807, 2.05) is 0 Å². The van der Waals surface area contributed by atoms with Gasteiger partial charge in [-0.2, -0.15) is 13.2 Å². The van der Waals surface area contributed by atoms with Crippen LogP contribution in [0.1, 0.15) is 36.2 Å². The summed E-state index contributed by atoms with van der Waals surface area (Å²) >= 11 is 0. The smallest absolute Gasteiger partial charge is 0.361 e. The van der Waals surface area contributed by atoms with E-state index in [-0.39, 0.29) is 13.2 Å². The van der Waals surface area contributed by atoms with Gasteiger partial charge in [-0.3, -0.25) is 14.3 Å². The maximum atomic E-state index is 12.9. The average molecular weight is 356 g/mol. The first kappa shape index (κ1) is 19.0. The van der Waals surface area contributed by atoms with Crippen molar-refractivity contribution in [2.75, 3.05) is 6.61 Å². The van der Waals surface area contributed by atoms with E-state index in [4.69, 9.17) is 4.74 Å². The zero-order chi connectivity index (χ0) is 18.6. The number of hydrogen-bond donors (Lipinski definition) is 1. The second-order valence-corrected chi connectivity index (χ2v) is 5.46. The Labute approximate surface area is 142 Å². The van der Waals surface area contributed by atoms with E-state index in [2.05, 4.69) is 4.98 Å². The van der Waals surface area contributed by atoms with E-state index in [0.29, 0.717) is 29.8 Å². The van der Waals surface area contributed by atoms with Crippen LogP contribution in [-0.4, -0.2) is 16.2 Å². The normalized spacial score (nSPS) is 11.7. The summed E-state index contributed by atoms with van der Waals surface area (Å²) in [7, 11) is 0. The molecule has 0 fully saturated rings. The van der Waals surface area contributed by atoms with Crippen LogP contribution in [-0.2, 0) is 30.5 Å². The number of nitrogens with one attached hydrogen (secondary N) is 1. The summed E-state index contributed by atoms with van der Waals surface area (Å²) in [6.45, 7) is 3.78. The lowest BCUT2D eigenvalue weighted by atomic mass is 10.0. The molecule has 2 rings (SSSR count). The van der Waals surface area contributed by atoms with Crippen molar-refractivity contribution in [3.8, 4) is 0 Å². The molecule has 0 saturated carbocycles. The summed E-state index contributed by atoms with van der Waals surface area (Å²) in [6, 6.07) is 4.85. The summed E-state index contributed by atoms with van der Waals surface area (Å²) < 4.78 is 45.2. The minimum Gasteiger partial charge on any atom is -0.361 e. The molecule has 0 amide bonds. The summed E-state index contributed by atoms with van der Waals surface area (Å²) in [5.41, 5.74) is -0.855. The highest BCUT2D eigenvalue weighted by atomic mass is 19.4. The van der Waals surface area contributed by atoms with Crippen molar-refractivity contribution in [1.29, 1.82) is 0 Å². The molecule has 0 atom stereocenters. The zero-order valence-electron chi connectivity index (χ0n) is 13.9. The third-order valence-corrected chi connectivity index (χ3v) is 3.82. The lowest BCUT2D eigenvalue weighted by Crippen LogP contribution is -2.36. The van der Waals surface area contributed by atoms with E-state index < -0.39 is 23.0 Å². The largest absolute Gasteiger partial charge is 0.416 e. The minimum absolute atomic E-state index is 0.0271. The molecule has 2 aromatic rings. The van der Waals surface area contributed by atoms with Gasteiger partial charge in [-0.05, 0) is 25.0 Å². The van der Waals surface area contributed by atoms with Crippen molar-refractivity contribution in [3.05, 3.63) is 67.5 Å². The quantitative estimate of drug-likeness (QED) is 0.866. The molecule has 5 nitrogen and oxygen atoms in total. The van der Waals surface area contributed by atoms with Gasteiger partial charge in [0.05, 0.1) is 5.56 Å². The standard InChI is InChI=1S/C17H19F3N2O3/c1-3-13-14(22(10-25-4-2)16(24)21-15(13)23)9-11-6-5-7-12(8-11)17(18,19)20/h5-8H,3-4,9-10H2,1-2H3,(H,21,23,24). The fourth-order valence-electron chi connectivity index (χ4n) is 2.59. The Bertz CT molecular complexity index is 853. The van der Waals surface area contributed by atoms with Crippen molar-refractivity contribution in [1.82, 2.24) is 9.55 Å². The zero-order valence-corrected chi connectivity index (χ0v) is 13.9. The highest BCUT2D eigenvalue weighted by molar-refractivity contribution is 5.31. The summed E-state index contributed by atoms with van der Waals surface area (Å²) in [6.07, 6.45) is -4.09. The third-order valence-electron chi connectivity index (χ3n) is 3.82. The number of nitrogens with zero attached hydrogens (tertiary/aromatic N) is 1. The first-order valence-electron chi connectivity index (χ1n) is 7.86. The molecule has 1 aromatic carbocycles. The van der Waals surface area contributed by atoms with Gasteiger partial charge in [0.25, 0.3) is 5.56 Å². The van der Waals surface area contributed by atoms with Crippen molar-refractivity contribution in [2.45, 2.75) is 39.6 Å². The van der Waals surface area contributed by atoms with Gasteiger partial charge in [-0.25, -0.2) is 4.79 Å². The van der Waals surface area contributed by atoms with Gasteiger partial charge in [-0.15, -0.1) is 0 Å². The number of benzene rings is 1. The van der Waals surface area contributed by atoms with E-state index in [0.717, 1.165) is 12.1 Å². The fourth-order valence-corrected chi connectivity index (χ4v) is 2.59. The van der Waals surface area contributed by atoms with E-state index in [9.17, 15) is 22.8 Å². The maximum absolute atomic E-state index is 12.9. The van der Waals surface area contributed by atoms with Gasteiger partial charge in [-0.1, -0.05) is 25.1 Å². The van der Waals surface area contributed by atoms with Crippen molar-refractivity contribution in [3.63, 3.8) is 0 Å². The predicted molar refractivity (Wildman–Crippen MR) is 86.6 cm³/mol. The van der Waals surface area contributed by atoms with Crippen molar-refractivity contribution in [2.24, 2.45) is 0 Å². The number of halogens is 3. The van der Waals surface area contributed by atoms with Gasteiger partial charge in [0.15, 0.2) is 0 Å². The molecule has 0 unspecified atom stereocenters. The molecule has 25 heavy (non-hydrogen) atoms. The van der Waals surface area contributed by atoms with E-state index in [1.165, 1.54) is 16.7 Å². The lowest BCUT2D eigenvalue weighted by molar-refractivity contribution is -0.137. The third kappa shape index (κ3) is 4.39. The first-order chi connectivity index (χ1) is 11.8. The Kier molecular flexibility index (Phi) is 5.84. The molecule has 1 heterocycles. The Hall–Kier alpha value is -2.35. The molecule has 8 heteroatoms. The van der Waals surface area contributed by atoms with Crippen molar-refractivity contribution < 1.29 is 17.9 Å². The van der Waals surface area contributed by atoms with Crippen LogP contribution in [0.2, 0.25) is 0 Å². The predicted octanol–water partition coefficient (Wildman–Crippen LogP) is 2.70. The number of ether oxygens (including phenoxy) is 1. The Balaban J connectivity index is 2.54. The fraction of sp³-hybridized carbons (Fsp3) is 0.412. The SMILES string of the molecule is CCOCn1c(Cc2cccc(C(F)(F)F)c2)c(CC)c(=O)[nH]c1=O. The molecule has 0 aliphatic carbocycles. The number of aromatic nitrogens is 2. The monoisotopic (exact) mass is 356 g/mol. The average Bonchev–Trinajstić information content (AvgIpc) is 2.54. The number of aromatic amines is 1. The van der Waals surface area contributed by atoms with Gasteiger partial charge in [0.2, 0.25) is 0 Å². The van der Waals surface area contributed by atoms with Gasteiger partial charge in [0, 0.05) is 24.3 Å². The number of rotatable bonds is 6. The Morgan fingerprint density at radius 1 is 1.20 bits per heavy atom. The molecule has 0 saturated heterocycles. The van der Waals surface area contributed by atoms with Crippen LogP contribution in [0.25, 0.3) is 0 Å².